The second-order valence-electron chi connectivity index (χ2n) is 5.70. The molecule has 1 heteroatoms. The molecule has 0 amide bonds. The molecule has 24 heavy (non-hydrogen) atoms. The topological polar surface area (TPSA) is 9.23 Å². The zero-order valence-corrected chi connectivity index (χ0v) is 15.9. The third-order valence-corrected chi connectivity index (χ3v) is 3.47. The van der Waals surface area contributed by atoms with Crippen LogP contribution >= 0.6 is 0 Å². The van der Waals surface area contributed by atoms with Crippen molar-refractivity contribution in [2.24, 2.45) is 0 Å². The van der Waals surface area contributed by atoms with E-state index < -0.39 is 0 Å². The Hall–Kier alpha value is -1.60. The number of rotatable bonds is 14. The van der Waals surface area contributed by atoms with Crippen molar-refractivity contribution in [1.82, 2.24) is 0 Å². The molecule has 1 unspecified atom stereocenters. The third-order valence-electron chi connectivity index (χ3n) is 3.47. The minimum absolute atomic E-state index is 0.314. The average Bonchev–Trinajstić information content (AvgIpc) is 2.60. The molecule has 1 atom stereocenters. The van der Waals surface area contributed by atoms with Crippen LogP contribution in [0, 0.1) is 0 Å². The highest BCUT2D eigenvalue weighted by Gasteiger charge is 1.92. The van der Waals surface area contributed by atoms with Crippen LogP contribution in [0.2, 0.25) is 0 Å². The fraction of sp³-hybridized carbons (Fsp3) is 0.478. The second-order valence-corrected chi connectivity index (χ2v) is 5.70. The molecule has 0 aliphatic carbocycles. The van der Waals surface area contributed by atoms with Gasteiger partial charge in [-0.3, -0.25) is 0 Å². The Balaban J connectivity index is 3.53. The summed E-state index contributed by atoms with van der Waals surface area (Å²) in [6.07, 6.45) is 34.1. The number of methoxy groups -OCH3 is 1. The van der Waals surface area contributed by atoms with Crippen molar-refractivity contribution >= 4 is 0 Å². The van der Waals surface area contributed by atoms with Gasteiger partial charge in [0.15, 0.2) is 0 Å². The normalized spacial score (nSPS) is 14.6. The number of hydrogen-bond acceptors (Lipinski definition) is 1. The van der Waals surface area contributed by atoms with Crippen molar-refractivity contribution in [3.8, 4) is 0 Å². The van der Waals surface area contributed by atoms with Crippen molar-refractivity contribution in [2.45, 2.75) is 64.9 Å². The lowest BCUT2D eigenvalue weighted by Gasteiger charge is -2.03. The van der Waals surface area contributed by atoms with Crippen LogP contribution in [0.3, 0.4) is 0 Å². The summed E-state index contributed by atoms with van der Waals surface area (Å²) < 4.78 is 5.19. The van der Waals surface area contributed by atoms with E-state index in [9.17, 15) is 0 Å². The maximum atomic E-state index is 5.19. The molecular formula is C23H36O. The van der Waals surface area contributed by atoms with E-state index in [2.05, 4.69) is 86.8 Å². The van der Waals surface area contributed by atoms with Crippen LogP contribution in [0.5, 0.6) is 0 Å². The second kappa shape index (κ2) is 19.4. The van der Waals surface area contributed by atoms with Gasteiger partial charge in [-0.2, -0.15) is 0 Å². The molecular weight excluding hydrogens is 292 g/mol. The van der Waals surface area contributed by atoms with Gasteiger partial charge in [-0.25, -0.2) is 0 Å². The molecule has 0 aliphatic rings. The lowest BCUT2D eigenvalue weighted by atomic mass is 10.2. The predicted molar refractivity (Wildman–Crippen MR) is 109 cm³/mol. The van der Waals surface area contributed by atoms with Crippen molar-refractivity contribution in [2.75, 3.05) is 7.11 Å². The first-order valence-corrected chi connectivity index (χ1v) is 9.24. The first-order chi connectivity index (χ1) is 11.8. The van der Waals surface area contributed by atoms with Crippen LogP contribution in [-0.2, 0) is 4.74 Å². The molecule has 0 bridgehead atoms. The standard InChI is InChI=1S/C23H36O/c1-4-5-6-7-8-9-10-11-12-13-14-15-16-17-18-19-20-21-22-23(2)24-3/h5-6,8-9,11-12,14-15,17-18,20-21,23H,4,7,10,13,16,19,22H2,1-3H3/b6-5-,9-8-,12-11-,15-14-,18-17-,21-20-. The first kappa shape index (κ1) is 22.4. The van der Waals surface area contributed by atoms with Crippen LogP contribution in [-0.4, -0.2) is 13.2 Å². The Morgan fingerprint density at radius 3 is 1.25 bits per heavy atom. The van der Waals surface area contributed by atoms with E-state index in [1.807, 2.05) is 0 Å². The van der Waals surface area contributed by atoms with Crippen molar-refractivity contribution < 1.29 is 4.74 Å². The van der Waals surface area contributed by atoms with Crippen molar-refractivity contribution in [3.05, 3.63) is 72.9 Å². The van der Waals surface area contributed by atoms with Gasteiger partial charge >= 0.3 is 0 Å². The Bertz CT molecular complexity index is 421. The number of ether oxygens (including phenoxy) is 1. The Labute approximate surface area is 150 Å². The fourth-order valence-corrected chi connectivity index (χ4v) is 1.91. The predicted octanol–water partition coefficient (Wildman–Crippen LogP) is 7.11. The van der Waals surface area contributed by atoms with E-state index in [0.29, 0.717) is 6.10 Å². The highest BCUT2D eigenvalue weighted by atomic mass is 16.5. The summed E-state index contributed by atoms with van der Waals surface area (Å²) in [6, 6.07) is 0. The first-order valence-electron chi connectivity index (χ1n) is 9.24. The molecule has 0 aromatic heterocycles. The highest BCUT2D eigenvalue weighted by molar-refractivity contribution is 5.01. The number of hydrogen-bond donors (Lipinski definition) is 0. The molecule has 0 radical (unpaired) electrons. The van der Waals surface area contributed by atoms with Crippen LogP contribution in [0.4, 0.5) is 0 Å². The van der Waals surface area contributed by atoms with E-state index in [1.165, 1.54) is 0 Å². The minimum Gasteiger partial charge on any atom is -0.381 e. The highest BCUT2D eigenvalue weighted by Crippen LogP contribution is 1.99. The van der Waals surface area contributed by atoms with E-state index in [-0.39, 0.29) is 0 Å². The van der Waals surface area contributed by atoms with Gasteiger partial charge in [-0.15, -0.1) is 0 Å². The van der Waals surface area contributed by atoms with Crippen LogP contribution in [0.1, 0.15) is 58.8 Å². The SMILES string of the molecule is CC/C=C\C/C=C\C/C=C\C/C=C\C/C=C\C/C=C\CC(C)OC. The van der Waals surface area contributed by atoms with E-state index in [1.54, 1.807) is 7.11 Å². The van der Waals surface area contributed by atoms with E-state index in [0.717, 1.165) is 44.9 Å². The van der Waals surface area contributed by atoms with E-state index >= 15 is 0 Å². The zero-order chi connectivity index (χ0) is 17.7. The van der Waals surface area contributed by atoms with Gasteiger partial charge in [0.05, 0.1) is 6.10 Å². The van der Waals surface area contributed by atoms with Crippen LogP contribution < -0.4 is 0 Å². The molecule has 134 valence electrons. The summed E-state index contributed by atoms with van der Waals surface area (Å²) in [6.45, 7) is 4.24. The van der Waals surface area contributed by atoms with Gasteiger partial charge in [-0.05, 0) is 51.9 Å². The third kappa shape index (κ3) is 18.4. The van der Waals surface area contributed by atoms with Gasteiger partial charge in [0.25, 0.3) is 0 Å². The maximum Gasteiger partial charge on any atom is 0.0577 e. The molecule has 0 saturated heterocycles. The molecule has 0 aromatic carbocycles. The minimum atomic E-state index is 0.314. The monoisotopic (exact) mass is 328 g/mol. The molecule has 0 aromatic rings. The lowest BCUT2D eigenvalue weighted by Crippen LogP contribution is -2.01. The molecule has 0 heterocycles. The van der Waals surface area contributed by atoms with Crippen molar-refractivity contribution in [3.63, 3.8) is 0 Å². The fourth-order valence-electron chi connectivity index (χ4n) is 1.91. The zero-order valence-electron chi connectivity index (χ0n) is 15.9. The largest absolute Gasteiger partial charge is 0.381 e. The number of allylic oxidation sites excluding steroid dienone is 11. The summed E-state index contributed by atoms with van der Waals surface area (Å²) in [5.41, 5.74) is 0. The van der Waals surface area contributed by atoms with Crippen molar-refractivity contribution in [1.29, 1.82) is 0 Å². The molecule has 0 fully saturated rings. The van der Waals surface area contributed by atoms with Gasteiger partial charge < -0.3 is 4.74 Å². The van der Waals surface area contributed by atoms with Crippen LogP contribution in [0.15, 0.2) is 72.9 Å². The van der Waals surface area contributed by atoms with Gasteiger partial charge in [0.2, 0.25) is 0 Å². The summed E-state index contributed by atoms with van der Waals surface area (Å²) in [5, 5.41) is 0. The summed E-state index contributed by atoms with van der Waals surface area (Å²) in [4.78, 5) is 0. The Morgan fingerprint density at radius 1 is 0.583 bits per heavy atom. The average molecular weight is 329 g/mol. The van der Waals surface area contributed by atoms with E-state index in [4.69, 9.17) is 4.74 Å². The molecule has 0 spiro atoms. The summed E-state index contributed by atoms with van der Waals surface area (Å²) in [7, 11) is 1.75. The van der Waals surface area contributed by atoms with Crippen LogP contribution in [0.25, 0.3) is 0 Å². The molecule has 1 nitrogen and oxygen atoms in total. The molecule has 0 rings (SSSR count). The molecule has 0 N–H and O–H groups in total. The molecule has 0 aliphatic heterocycles. The lowest BCUT2D eigenvalue weighted by molar-refractivity contribution is 0.121. The quantitative estimate of drug-likeness (QED) is 0.309. The van der Waals surface area contributed by atoms with Gasteiger partial charge in [0.1, 0.15) is 0 Å². The summed E-state index contributed by atoms with van der Waals surface area (Å²) in [5.74, 6) is 0. The summed E-state index contributed by atoms with van der Waals surface area (Å²) >= 11 is 0. The maximum absolute atomic E-state index is 5.19. The van der Waals surface area contributed by atoms with Gasteiger partial charge in [0, 0.05) is 7.11 Å². The Morgan fingerprint density at radius 2 is 0.917 bits per heavy atom. The molecule has 0 saturated carbocycles. The smallest absolute Gasteiger partial charge is 0.0577 e. The van der Waals surface area contributed by atoms with Gasteiger partial charge in [-0.1, -0.05) is 79.8 Å². The Kier molecular flexibility index (Phi) is 18.2.